The van der Waals surface area contributed by atoms with Crippen LogP contribution in [-0.2, 0) is 9.47 Å². The van der Waals surface area contributed by atoms with Crippen molar-refractivity contribution in [3.05, 3.63) is 0 Å². The van der Waals surface area contributed by atoms with Crippen LogP contribution in [0.5, 0.6) is 0 Å². The average Bonchev–Trinajstić information content (AvgIpc) is 2.55. The Labute approximate surface area is 167 Å². The van der Waals surface area contributed by atoms with Crippen molar-refractivity contribution < 1.29 is 48.5 Å². The molecule has 0 fully saturated rings. The van der Waals surface area contributed by atoms with E-state index in [1.807, 2.05) is 0 Å². The van der Waals surface area contributed by atoms with Gasteiger partial charge in [-0.3, -0.25) is 0 Å². The summed E-state index contributed by atoms with van der Waals surface area (Å²) >= 11 is 0. The van der Waals surface area contributed by atoms with E-state index in [2.05, 4.69) is 10.6 Å². The maximum Gasteiger partial charge on any atom is 0.492 e. The third kappa shape index (κ3) is 22.2. The molecule has 2 atom stereocenters. The topological polar surface area (TPSA) is 204 Å². The molecule has 12 nitrogen and oxygen atoms in total. The molecule has 0 aliphatic carbocycles. The molecule has 2 unspecified atom stereocenters. The number of hydrogen-bond donors (Lipinski definition) is 10. The summed E-state index contributed by atoms with van der Waals surface area (Å²) in [6.45, 7) is 2.40. The van der Waals surface area contributed by atoms with Gasteiger partial charge in [0.2, 0.25) is 0 Å². The smallest absolute Gasteiger partial charge is 0.390 e. The Kier molecular flexibility index (Phi) is 15.7. The molecule has 0 aliphatic heterocycles. The molecule has 28 heavy (non-hydrogen) atoms. The fourth-order valence-corrected chi connectivity index (χ4v) is 3.33. The molecule has 0 saturated heterocycles. The second kappa shape index (κ2) is 15.7. The molecule has 14 heteroatoms. The van der Waals surface area contributed by atoms with Crippen molar-refractivity contribution in [2.24, 2.45) is 0 Å². The van der Waals surface area contributed by atoms with Crippen LogP contribution >= 0.6 is 0 Å². The van der Waals surface area contributed by atoms with Crippen LogP contribution in [0, 0.1) is 0 Å². The molecule has 0 radical (unpaired) electrons. The molecule has 170 valence electrons. The molecule has 0 aromatic heterocycles. The lowest BCUT2D eigenvalue weighted by molar-refractivity contribution is 0.0347. The van der Waals surface area contributed by atoms with Gasteiger partial charge in [0, 0.05) is 51.5 Å². The Bertz CT molecular complexity index is 337. The Morgan fingerprint density at radius 3 is 1.32 bits per heavy atom. The minimum Gasteiger partial charge on any atom is -0.390 e. The maximum atomic E-state index is 9.70. The van der Waals surface area contributed by atoms with Crippen molar-refractivity contribution in [2.75, 3.05) is 52.6 Å². The van der Waals surface area contributed by atoms with E-state index in [1.165, 1.54) is 0 Å². The summed E-state index contributed by atoms with van der Waals surface area (Å²) < 4.78 is 10.3. The summed E-state index contributed by atoms with van der Waals surface area (Å²) in [6, 6.07) is -0.194. The monoisotopic (exact) mass is 448 g/mol. The molecule has 0 rings (SSSR count). The van der Waals surface area contributed by atoms with Gasteiger partial charge < -0.3 is 59.1 Å². The normalized spacial score (nSPS) is 15.0. The second-order valence-corrected chi connectivity index (χ2v) is 10.7. The molecular weight excluding hydrogens is 412 g/mol. The minimum atomic E-state index is -4.01. The Morgan fingerprint density at radius 2 is 1.00 bits per heavy atom. The molecule has 0 aromatic carbocycles. The van der Waals surface area contributed by atoms with Crippen molar-refractivity contribution in [1.29, 1.82) is 0 Å². The largest absolute Gasteiger partial charge is 0.492 e. The lowest BCUT2D eigenvalue weighted by Crippen LogP contribution is -2.38. The van der Waals surface area contributed by atoms with Crippen LogP contribution in [0.4, 0.5) is 0 Å². The second-order valence-electron chi connectivity index (χ2n) is 6.62. The lowest BCUT2D eigenvalue weighted by Gasteiger charge is -2.15. The molecule has 0 heterocycles. The first kappa shape index (κ1) is 28.0. The number of aliphatic hydroxyl groups excluding tert-OH is 2. The number of hydrogen-bond acceptors (Lipinski definition) is 12. The van der Waals surface area contributed by atoms with E-state index in [9.17, 15) is 10.2 Å². The first-order valence-corrected chi connectivity index (χ1v) is 13.4. The molecule has 10 N–H and O–H groups in total. The van der Waals surface area contributed by atoms with Crippen molar-refractivity contribution >= 4 is 17.6 Å². The number of rotatable bonds is 19. The van der Waals surface area contributed by atoms with E-state index >= 15 is 0 Å². The Balaban J connectivity index is 3.39. The van der Waals surface area contributed by atoms with Gasteiger partial charge in [-0.15, -0.1) is 0 Å². The summed E-state index contributed by atoms with van der Waals surface area (Å²) in [7, 11) is -8.02. The van der Waals surface area contributed by atoms with Gasteiger partial charge >= 0.3 is 17.6 Å². The molecule has 0 aliphatic rings. The summed E-state index contributed by atoms with van der Waals surface area (Å²) in [5, 5.41) is 25.4. The highest BCUT2D eigenvalue weighted by Crippen LogP contribution is 2.02. The first-order valence-electron chi connectivity index (χ1n) is 9.27. The number of aliphatic hydroxyl groups is 2. The summed E-state index contributed by atoms with van der Waals surface area (Å²) in [5.74, 6) is 0. The molecule has 0 aromatic rings. The van der Waals surface area contributed by atoms with Crippen LogP contribution in [0.25, 0.3) is 0 Å². The van der Waals surface area contributed by atoms with Crippen LogP contribution in [0.3, 0.4) is 0 Å². The van der Waals surface area contributed by atoms with Gasteiger partial charge in [-0.2, -0.15) is 0 Å². The van der Waals surface area contributed by atoms with E-state index in [0.29, 0.717) is 39.0 Å². The average molecular weight is 449 g/mol. The SMILES string of the molecule is OC(CNCCNCC(O)COCCC[Si](O)(O)O)COCCC[Si](O)(O)O. The predicted molar refractivity (Wildman–Crippen MR) is 103 cm³/mol. The summed E-state index contributed by atoms with van der Waals surface area (Å²) in [6.07, 6.45) is -0.814. The first-order chi connectivity index (χ1) is 13.0. The van der Waals surface area contributed by atoms with Crippen molar-refractivity contribution in [2.45, 2.75) is 37.1 Å². The van der Waals surface area contributed by atoms with Crippen LogP contribution < -0.4 is 10.6 Å². The maximum absolute atomic E-state index is 9.70. The highest BCUT2D eigenvalue weighted by Gasteiger charge is 2.26. The molecule has 0 amide bonds. The molecule has 0 saturated carbocycles. The fourth-order valence-electron chi connectivity index (χ4n) is 2.09. The molecule has 0 bridgehead atoms. The van der Waals surface area contributed by atoms with Crippen LogP contribution in [-0.4, -0.2) is 121 Å². The van der Waals surface area contributed by atoms with Gasteiger partial charge in [-0.05, 0) is 12.8 Å². The van der Waals surface area contributed by atoms with Gasteiger partial charge in [-0.1, -0.05) is 0 Å². The van der Waals surface area contributed by atoms with Gasteiger partial charge in [0.15, 0.2) is 0 Å². The van der Waals surface area contributed by atoms with Crippen LogP contribution in [0.15, 0.2) is 0 Å². The summed E-state index contributed by atoms with van der Waals surface area (Å²) in [5.41, 5.74) is 0. The van der Waals surface area contributed by atoms with E-state index < -0.39 is 29.8 Å². The van der Waals surface area contributed by atoms with Crippen molar-refractivity contribution in [3.63, 3.8) is 0 Å². The van der Waals surface area contributed by atoms with E-state index in [0.717, 1.165) is 0 Å². The lowest BCUT2D eigenvalue weighted by atomic mass is 10.3. The Hall–Kier alpha value is -0.0462. The van der Waals surface area contributed by atoms with E-state index in [4.69, 9.17) is 38.2 Å². The van der Waals surface area contributed by atoms with Gasteiger partial charge in [0.1, 0.15) is 0 Å². The van der Waals surface area contributed by atoms with Gasteiger partial charge in [-0.25, -0.2) is 0 Å². The molecule has 0 spiro atoms. The highest BCUT2D eigenvalue weighted by atomic mass is 28.4. The minimum absolute atomic E-state index is 0.0970. The third-order valence-corrected chi connectivity index (χ3v) is 5.51. The number of ether oxygens (including phenoxy) is 2. The Morgan fingerprint density at radius 1 is 0.643 bits per heavy atom. The van der Waals surface area contributed by atoms with Gasteiger partial charge in [0.25, 0.3) is 0 Å². The quantitative estimate of drug-likeness (QED) is 0.0671. The highest BCUT2D eigenvalue weighted by molar-refractivity contribution is 6.56. The van der Waals surface area contributed by atoms with Crippen molar-refractivity contribution in [3.8, 4) is 0 Å². The van der Waals surface area contributed by atoms with E-state index in [1.54, 1.807) is 0 Å². The fraction of sp³-hybridized carbons (Fsp3) is 1.00. The van der Waals surface area contributed by atoms with Crippen LogP contribution in [0.1, 0.15) is 12.8 Å². The van der Waals surface area contributed by atoms with Crippen LogP contribution in [0.2, 0.25) is 12.1 Å². The van der Waals surface area contributed by atoms with Crippen molar-refractivity contribution in [1.82, 2.24) is 10.6 Å². The predicted octanol–water partition coefficient (Wildman–Crippen LogP) is -4.47. The zero-order valence-corrected chi connectivity index (χ0v) is 18.0. The molecular formula is C14H36N2O10Si2. The number of nitrogens with one attached hydrogen (secondary N) is 2. The van der Waals surface area contributed by atoms with Gasteiger partial charge in [0.05, 0.1) is 25.4 Å². The standard InChI is InChI=1S/C14H36N2O10Si2/c17-13(11-25-5-1-7-27(19,20)21)9-15-3-4-16-10-14(18)12-26-6-2-8-28(22,23)24/h13-24H,1-12H2. The zero-order valence-electron chi connectivity index (χ0n) is 16.0. The summed E-state index contributed by atoms with van der Waals surface area (Å²) in [4.78, 5) is 52.9. The zero-order chi connectivity index (χ0) is 21.5. The third-order valence-electron chi connectivity index (χ3n) is 3.46. The van der Waals surface area contributed by atoms with E-state index in [-0.39, 0.29) is 38.5 Å².